The lowest BCUT2D eigenvalue weighted by molar-refractivity contribution is -0.115. The summed E-state index contributed by atoms with van der Waals surface area (Å²) in [5.74, 6) is -0.146. The molecule has 4 rings (SSSR count). The van der Waals surface area contributed by atoms with Crippen molar-refractivity contribution in [2.45, 2.75) is 18.8 Å². The van der Waals surface area contributed by atoms with E-state index in [2.05, 4.69) is 26.1 Å². The molecular weight excluding hydrogens is 365 g/mol. The Morgan fingerprint density at radius 2 is 2.04 bits per heavy atom. The first-order valence-corrected chi connectivity index (χ1v) is 8.03. The molecule has 7 heteroatoms. The molecule has 1 atom stereocenters. The number of anilines is 1. The fraction of sp³-hybridized carbons (Fsp3) is 0.250. The molecule has 0 saturated carbocycles. The number of Topliss-reactive ketones (excluding diaryl/α,β-unsaturated/α-hetero) is 1. The van der Waals surface area contributed by atoms with E-state index < -0.39 is 5.92 Å². The molecule has 1 unspecified atom stereocenters. The number of allylic oxidation sites excluding steroid dienone is 2. The number of aromatic amines is 2. The maximum absolute atomic E-state index is 13.6. The zero-order valence-electron chi connectivity index (χ0n) is 12.2. The first-order valence-electron chi connectivity index (χ1n) is 7.24. The molecule has 2 aliphatic rings. The summed E-state index contributed by atoms with van der Waals surface area (Å²) >= 11 is 3.18. The molecule has 1 aromatic heterocycles. The van der Waals surface area contributed by atoms with Crippen LogP contribution in [0.1, 0.15) is 29.9 Å². The Morgan fingerprint density at radius 1 is 1.26 bits per heavy atom. The van der Waals surface area contributed by atoms with Crippen LogP contribution in [-0.2, 0) is 4.79 Å². The van der Waals surface area contributed by atoms with Gasteiger partial charge < -0.3 is 4.90 Å². The molecule has 0 spiro atoms. The van der Waals surface area contributed by atoms with Gasteiger partial charge in [0.1, 0.15) is 11.6 Å². The summed E-state index contributed by atoms with van der Waals surface area (Å²) in [6, 6.07) is 4.61. The van der Waals surface area contributed by atoms with Gasteiger partial charge in [0.25, 0.3) is 5.56 Å². The Balaban J connectivity index is 2.00. The highest BCUT2D eigenvalue weighted by Crippen LogP contribution is 2.46. The maximum Gasteiger partial charge on any atom is 0.270 e. The summed E-state index contributed by atoms with van der Waals surface area (Å²) in [6.45, 7) is 0. The monoisotopic (exact) mass is 377 g/mol. The number of fused-ring (bicyclic) bond motifs is 1. The van der Waals surface area contributed by atoms with Crippen molar-refractivity contribution in [1.82, 2.24) is 10.2 Å². The van der Waals surface area contributed by atoms with Gasteiger partial charge in [0.2, 0.25) is 0 Å². The zero-order valence-corrected chi connectivity index (χ0v) is 13.8. The molecule has 1 aromatic carbocycles. The Hall–Kier alpha value is -2.15. The summed E-state index contributed by atoms with van der Waals surface area (Å²) < 4.78 is 13.9. The van der Waals surface area contributed by atoms with E-state index in [9.17, 15) is 14.0 Å². The second-order valence-electron chi connectivity index (χ2n) is 5.79. The summed E-state index contributed by atoms with van der Waals surface area (Å²) in [5, 5.41) is 5.48. The second kappa shape index (κ2) is 4.92. The number of H-pyrrole nitrogens is 2. The fourth-order valence-electron chi connectivity index (χ4n) is 3.53. The number of carbonyl (C=O) groups excluding carboxylic acids is 1. The molecule has 1 aliphatic carbocycles. The number of hydrogen-bond donors (Lipinski definition) is 2. The average molecular weight is 378 g/mol. The predicted molar refractivity (Wildman–Crippen MR) is 87.0 cm³/mol. The molecule has 118 valence electrons. The van der Waals surface area contributed by atoms with Crippen molar-refractivity contribution in [1.29, 1.82) is 0 Å². The smallest absolute Gasteiger partial charge is 0.270 e. The number of hydrogen-bond acceptors (Lipinski definition) is 3. The van der Waals surface area contributed by atoms with Crippen LogP contribution >= 0.6 is 15.9 Å². The Bertz CT molecular complexity index is 928. The number of halogens is 2. The lowest BCUT2D eigenvalue weighted by Gasteiger charge is -2.31. The average Bonchev–Trinajstić information content (AvgIpc) is 3.09. The second-order valence-corrected chi connectivity index (χ2v) is 6.64. The van der Waals surface area contributed by atoms with Crippen LogP contribution < -0.4 is 10.5 Å². The van der Waals surface area contributed by atoms with E-state index in [1.165, 1.54) is 6.07 Å². The van der Waals surface area contributed by atoms with E-state index in [-0.39, 0.29) is 17.2 Å². The normalized spacial score (nSPS) is 20.0. The molecular formula is C16H13BrFN3O2. The Morgan fingerprint density at radius 3 is 2.78 bits per heavy atom. The molecule has 5 nitrogen and oxygen atoms in total. The van der Waals surface area contributed by atoms with Gasteiger partial charge in [-0.05, 0) is 40.0 Å². The van der Waals surface area contributed by atoms with Crippen molar-refractivity contribution in [3.05, 3.63) is 61.2 Å². The number of nitrogens with one attached hydrogen (secondary N) is 2. The minimum atomic E-state index is -0.474. The van der Waals surface area contributed by atoms with E-state index in [1.807, 2.05) is 11.9 Å². The van der Waals surface area contributed by atoms with Gasteiger partial charge >= 0.3 is 0 Å². The van der Waals surface area contributed by atoms with Gasteiger partial charge in [-0.3, -0.25) is 19.8 Å². The fourth-order valence-corrected chi connectivity index (χ4v) is 3.93. The van der Waals surface area contributed by atoms with E-state index in [1.54, 1.807) is 12.1 Å². The van der Waals surface area contributed by atoms with Crippen LogP contribution in [0.25, 0.3) is 0 Å². The zero-order chi connectivity index (χ0) is 16.3. The van der Waals surface area contributed by atoms with Gasteiger partial charge in [-0.25, -0.2) is 4.39 Å². The van der Waals surface area contributed by atoms with E-state index in [4.69, 9.17) is 0 Å². The molecule has 0 radical (unpaired) electrons. The predicted octanol–water partition coefficient (Wildman–Crippen LogP) is 2.80. The molecule has 2 aromatic rings. The Kier molecular flexibility index (Phi) is 3.09. The van der Waals surface area contributed by atoms with Gasteiger partial charge in [0.05, 0.1) is 10.0 Å². The van der Waals surface area contributed by atoms with Crippen molar-refractivity contribution in [2.75, 3.05) is 11.9 Å². The van der Waals surface area contributed by atoms with Crippen molar-refractivity contribution in [3.63, 3.8) is 0 Å². The van der Waals surface area contributed by atoms with Crippen LogP contribution in [0.4, 0.5) is 10.2 Å². The summed E-state index contributed by atoms with van der Waals surface area (Å²) in [4.78, 5) is 26.6. The van der Waals surface area contributed by atoms with Gasteiger partial charge in [-0.2, -0.15) is 0 Å². The van der Waals surface area contributed by atoms with Crippen molar-refractivity contribution in [2.24, 2.45) is 0 Å². The number of benzene rings is 1. The van der Waals surface area contributed by atoms with E-state index in [0.717, 1.165) is 11.3 Å². The van der Waals surface area contributed by atoms with Crippen molar-refractivity contribution < 1.29 is 9.18 Å². The summed E-state index contributed by atoms with van der Waals surface area (Å²) in [7, 11) is 1.84. The molecule has 0 bridgehead atoms. The minimum Gasteiger partial charge on any atom is -0.333 e. The standard InChI is InChI=1S/C16H13BrFN3O2/c1-21-10-4-5-11(22)13(10)12(14-15(21)19-20-16(14)23)7-2-3-9(18)8(17)6-7/h2-3,6,12H,4-5H2,1H3,(H2,19,20,23). The molecule has 2 heterocycles. The van der Waals surface area contributed by atoms with Crippen LogP contribution in [0.5, 0.6) is 0 Å². The third-order valence-corrected chi connectivity index (χ3v) is 5.20. The van der Waals surface area contributed by atoms with Gasteiger partial charge in [0, 0.05) is 30.7 Å². The molecule has 2 N–H and O–H groups in total. The summed E-state index contributed by atoms with van der Waals surface area (Å²) in [6.07, 6.45) is 1.09. The molecule has 0 amide bonds. The van der Waals surface area contributed by atoms with Crippen molar-refractivity contribution in [3.8, 4) is 0 Å². The number of ketones is 1. The first kappa shape index (κ1) is 14.4. The van der Waals surface area contributed by atoms with E-state index >= 15 is 0 Å². The van der Waals surface area contributed by atoms with Gasteiger partial charge in [-0.15, -0.1) is 0 Å². The van der Waals surface area contributed by atoms with Crippen LogP contribution in [0.3, 0.4) is 0 Å². The number of rotatable bonds is 1. The van der Waals surface area contributed by atoms with Crippen LogP contribution in [0.2, 0.25) is 0 Å². The summed E-state index contributed by atoms with van der Waals surface area (Å²) in [5.41, 5.74) is 2.52. The SMILES string of the molecule is CN1C2=C(C(=O)CC2)C(c2ccc(F)c(Br)c2)c2c1[nH][nH]c2=O. The van der Waals surface area contributed by atoms with Crippen LogP contribution in [0.15, 0.2) is 38.7 Å². The Labute approximate surface area is 139 Å². The first-order chi connectivity index (χ1) is 11.0. The maximum atomic E-state index is 13.6. The van der Waals surface area contributed by atoms with Crippen LogP contribution in [-0.4, -0.2) is 23.0 Å². The lowest BCUT2D eigenvalue weighted by atomic mass is 9.82. The number of aromatic nitrogens is 2. The molecule has 1 aliphatic heterocycles. The highest BCUT2D eigenvalue weighted by atomic mass is 79.9. The van der Waals surface area contributed by atoms with Gasteiger partial charge in [-0.1, -0.05) is 6.07 Å². The van der Waals surface area contributed by atoms with E-state index in [0.29, 0.717) is 34.3 Å². The molecule has 0 fully saturated rings. The molecule has 23 heavy (non-hydrogen) atoms. The highest BCUT2D eigenvalue weighted by molar-refractivity contribution is 9.10. The minimum absolute atomic E-state index is 0.0450. The third kappa shape index (κ3) is 1.96. The highest BCUT2D eigenvalue weighted by Gasteiger charge is 2.41. The largest absolute Gasteiger partial charge is 0.333 e. The quantitative estimate of drug-likeness (QED) is 0.802. The third-order valence-electron chi connectivity index (χ3n) is 4.59. The lowest BCUT2D eigenvalue weighted by Crippen LogP contribution is -2.29. The van der Waals surface area contributed by atoms with Crippen LogP contribution in [0, 0.1) is 5.82 Å². The van der Waals surface area contributed by atoms with Crippen molar-refractivity contribution >= 4 is 27.5 Å². The number of nitrogens with zero attached hydrogens (tertiary/aromatic N) is 1. The molecule has 0 saturated heterocycles. The number of carbonyl (C=O) groups is 1. The topological polar surface area (TPSA) is 69.0 Å². The van der Waals surface area contributed by atoms with Gasteiger partial charge in [0.15, 0.2) is 5.78 Å².